The van der Waals surface area contributed by atoms with Crippen molar-refractivity contribution >= 4 is 40.4 Å². The standard InChI is InChI=1S/C12H15Cl2NOS/c13-8-4-2-1-3-5-9(8)15-12(16)10-6-7-11(14)17-10/h6-9H,1-5H2,(H,15,16). The highest BCUT2D eigenvalue weighted by Gasteiger charge is 2.24. The molecule has 94 valence electrons. The van der Waals surface area contributed by atoms with Crippen molar-refractivity contribution in [1.82, 2.24) is 5.32 Å². The molecule has 0 spiro atoms. The van der Waals surface area contributed by atoms with Gasteiger partial charge in [0, 0.05) is 6.04 Å². The van der Waals surface area contributed by atoms with E-state index in [0.29, 0.717) is 9.21 Å². The third kappa shape index (κ3) is 3.60. The number of carbonyl (C=O) groups excluding carboxylic acids is 1. The van der Waals surface area contributed by atoms with Crippen LogP contribution in [-0.4, -0.2) is 17.3 Å². The molecule has 1 heterocycles. The Hall–Kier alpha value is -0.250. The maximum atomic E-state index is 12.0. The molecule has 1 saturated carbocycles. The van der Waals surface area contributed by atoms with Crippen LogP contribution in [0.15, 0.2) is 12.1 Å². The van der Waals surface area contributed by atoms with E-state index in [1.54, 1.807) is 12.1 Å². The van der Waals surface area contributed by atoms with Crippen LogP contribution in [0, 0.1) is 0 Å². The summed E-state index contributed by atoms with van der Waals surface area (Å²) < 4.78 is 0.637. The lowest BCUT2D eigenvalue weighted by Crippen LogP contribution is -2.40. The summed E-state index contributed by atoms with van der Waals surface area (Å²) in [7, 11) is 0. The Bertz CT molecular complexity index is 394. The Morgan fingerprint density at radius 3 is 2.76 bits per heavy atom. The predicted molar refractivity (Wildman–Crippen MR) is 73.3 cm³/mol. The lowest BCUT2D eigenvalue weighted by Gasteiger charge is -2.20. The van der Waals surface area contributed by atoms with E-state index in [-0.39, 0.29) is 17.3 Å². The number of hydrogen-bond acceptors (Lipinski definition) is 2. The minimum Gasteiger partial charge on any atom is -0.347 e. The van der Waals surface area contributed by atoms with E-state index < -0.39 is 0 Å². The van der Waals surface area contributed by atoms with Crippen LogP contribution in [0.5, 0.6) is 0 Å². The highest BCUT2D eigenvalue weighted by Crippen LogP contribution is 2.24. The molecule has 1 aromatic rings. The van der Waals surface area contributed by atoms with E-state index in [0.717, 1.165) is 25.7 Å². The van der Waals surface area contributed by atoms with Crippen LogP contribution in [0.25, 0.3) is 0 Å². The first-order valence-electron chi connectivity index (χ1n) is 5.87. The molecule has 2 nitrogen and oxygen atoms in total. The minimum absolute atomic E-state index is 0.0527. The molecule has 1 amide bonds. The normalized spacial score (nSPS) is 25.3. The third-order valence-electron chi connectivity index (χ3n) is 3.05. The van der Waals surface area contributed by atoms with Crippen LogP contribution in [-0.2, 0) is 0 Å². The SMILES string of the molecule is O=C(NC1CCCCCC1Cl)c1ccc(Cl)s1. The Kier molecular flexibility index (Phi) is 4.71. The van der Waals surface area contributed by atoms with Gasteiger partial charge in [0.15, 0.2) is 0 Å². The van der Waals surface area contributed by atoms with E-state index in [1.807, 2.05) is 0 Å². The maximum absolute atomic E-state index is 12.0. The summed E-state index contributed by atoms with van der Waals surface area (Å²) in [5, 5.41) is 3.07. The number of hydrogen-bond donors (Lipinski definition) is 1. The molecular formula is C12H15Cl2NOS. The van der Waals surface area contributed by atoms with Gasteiger partial charge in [-0.3, -0.25) is 4.79 Å². The Morgan fingerprint density at radius 1 is 1.29 bits per heavy atom. The number of nitrogens with one attached hydrogen (secondary N) is 1. The van der Waals surface area contributed by atoms with Gasteiger partial charge in [0.2, 0.25) is 0 Å². The van der Waals surface area contributed by atoms with Gasteiger partial charge in [-0.05, 0) is 25.0 Å². The van der Waals surface area contributed by atoms with Crippen molar-refractivity contribution in [3.8, 4) is 0 Å². The Labute approximate surface area is 115 Å². The van der Waals surface area contributed by atoms with Gasteiger partial charge in [-0.25, -0.2) is 0 Å². The summed E-state index contributed by atoms with van der Waals surface area (Å²) in [6, 6.07) is 3.59. The van der Waals surface area contributed by atoms with Crippen LogP contribution >= 0.6 is 34.5 Å². The molecule has 0 bridgehead atoms. The van der Waals surface area contributed by atoms with E-state index in [1.165, 1.54) is 17.8 Å². The van der Waals surface area contributed by atoms with Crippen molar-refractivity contribution in [3.05, 3.63) is 21.3 Å². The molecule has 2 atom stereocenters. The van der Waals surface area contributed by atoms with Crippen LogP contribution in [0.4, 0.5) is 0 Å². The molecule has 1 aliphatic rings. The molecule has 0 saturated heterocycles. The van der Waals surface area contributed by atoms with Gasteiger partial charge in [0.25, 0.3) is 5.91 Å². The molecule has 17 heavy (non-hydrogen) atoms. The summed E-state index contributed by atoms with van der Waals surface area (Å²) in [4.78, 5) is 12.6. The molecular weight excluding hydrogens is 277 g/mol. The van der Waals surface area contributed by atoms with Crippen LogP contribution in [0.2, 0.25) is 4.34 Å². The zero-order chi connectivity index (χ0) is 12.3. The number of carbonyl (C=O) groups is 1. The lowest BCUT2D eigenvalue weighted by atomic mass is 10.1. The van der Waals surface area contributed by atoms with Gasteiger partial charge in [-0.15, -0.1) is 22.9 Å². The van der Waals surface area contributed by atoms with Crippen molar-refractivity contribution in [2.45, 2.75) is 43.5 Å². The third-order valence-corrected chi connectivity index (χ3v) is 4.80. The van der Waals surface area contributed by atoms with Crippen molar-refractivity contribution in [2.24, 2.45) is 0 Å². The fraction of sp³-hybridized carbons (Fsp3) is 0.583. The average molecular weight is 292 g/mol. The predicted octanol–water partition coefficient (Wildman–Crippen LogP) is 4.07. The fourth-order valence-electron chi connectivity index (χ4n) is 2.10. The molecule has 0 aromatic carbocycles. The quantitative estimate of drug-likeness (QED) is 0.646. The maximum Gasteiger partial charge on any atom is 0.261 e. The molecule has 5 heteroatoms. The average Bonchev–Trinajstić information content (AvgIpc) is 2.63. The minimum atomic E-state index is -0.0561. The largest absolute Gasteiger partial charge is 0.347 e. The molecule has 0 aliphatic heterocycles. The molecule has 2 rings (SSSR count). The highest BCUT2D eigenvalue weighted by molar-refractivity contribution is 7.18. The van der Waals surface area contributed by atoms with E-state index >= 15 is 0 Å². The second-order valence-corrected chi connectivity index (χ2v) is 6.61. The summed E-state index contributed by atoms with van der Waals surface area (Å²) in [5.41, 5.74) is 0. The number of thiophene rings is 1. The van der Waals surface area contributed by atoms with E-state index in [9.17, 15) is 4.79 Å². The summed E-state index contributed by atoms with van der Waals surface area (Å²) in [6.45, 7) is 0. The highest BCUT2D eigenvalue weighted by atomic mass is 35.5. The second kappa shape index (κ2) is 6.07. The molecule has 2 unspecified atom stereocenters. The zero-order valence-electron chi connectivity index (χ0n) is 9.42. The summed E-state index contributed by atoms with van der Waals surface area (Å²) in [6.07, 6.45) is 5.46. The van der Waals surface area contributed by atoms with Crippen molar-refractivity contribution in [3.63, 3.8) is 0 Å². The number of halogens is 2. The molecule has 0 radical (unpaired) electrons. The smallest absolute Gasteiger partial charge is 0.261 e. The Balaban J connectivity index is 1.97. The monoisotopic (exact) mass is 291 g/mol. The van der Waals surface area contributed by atoms with Gasteiger partial charge in [0.05, 0.1) is 14.6 Å². The van der Waals surface area contributed by atoms with E-state index in [2.05, 4.69) is 5.32 Å². The number of rotatable bonds is 2. The first-order valence-corrected chi connectivity index (χ1v) is 7.50. The van der Waals surface area contributed by atoms with Crippen molar-refractivity contribution in [2.75, 3.05) is 0 Å². The summed E-state index contributed by atoms with van der Waals surface area (Å²) in [5.74, 6) is -0.0561. The van der Waals surface area contributed by atoms with Crippen LogP contribution < -0.4 is 5.32 Å². The second-order valence-electron chi connectivity index (χ2n) is 4.34. The zero-order valence-corrected chi connectivity index (χ0v) is 11.7. The van der Waals surface area contributed by atoms with Gasteiger partial charge >= 0.3 is 0 Å². The number of alkyl halides is 1. The van der Waals surface area contributed by atoms with Crippen molar-refractivity contribution < 1.29 is 4.79 Å². The molecule has 1 N–H and O–H groups in total. The first kappa shape index (κ1) is 13.2. The van der Waals surface area contributed by atoms with Crippen molar-refractivity contribution in [1.29, 1.82) is 0 Å². The lowest BCUT2D eigenvalue weighted by molar-refractivity contribution is 0.0938. The van der Waals surface area contributed by atoms with Crippen LogP contribution in [0.1, 0.15) is 41.8 Å². The number of amides is 1. The van der Waals surface area contributed by atoms with E-state index in [4.69, 9.17) is 23.2 Å². The Morgan fingerprint density at radius 2 is 2.06 bits per heavy atom. The fourth-order valence-corrected chi connectivity index (χ4v) is 3.39. The van der Waals surface area contributed by atoms with Gasteiger partial charge in [-0.2, -0.15) is 0 Å². The topological polar surface area (TPSA) is 29.1 Å². The van der Waals surface area contributed by atoms with Crippen LogP contribution in [0.3, 0.4) is 0 Å². The van der Waals surface area contributed by atoms with Gasteiger partial charge in [0.1, 0.15) is 0 Å². The first-order chi connectivity index (χ1) is 8.16. The molecule has 1 fully saturated rings. The summed E-state index contributed by atoms with van der Waals surface area (Å²) >= 11 is 13.4. The van der Waals surface area contributed by atoms with Gasteiger partial charge < -0.3 is 5.32 Å². The van der Waals surface area contributed by atoms with Gasteiger partial charge in [-0.1, -0.05) is 30.9 Å². The molecule has 1 aromatic heterocycles. The molecule has 1 aliphatic carbocycles.